The molecule has 5 nitrogen and oxygen atoms in total. The number of nitrogens with zero attached hydrogens (tertiary/aromatic N) is 3. The van der Waals surface area contributed by atoms with Crippen LogP contribution in [0.1, 0.15) is 6.42 Å². The van der Waals surface area contributed by atoms with Crippen LogP contribution in [0.3, 0.4) is 0 Å². The molecule has 1 aromatic heterocycles. The summed E-state index contributed by atoms with van der Waals surface area (Å²) < 4.78 is 0. The molecule has 96 valence electrons. The number of aromatic nitrogens is 2. The lowest BCUT2D eigenvalue weighted by Gasteiger charge is -2.25. The van der Waals surface area contributed by atoms with Crippen molar-refractivity contribution in [1.82, 2.24) is 9.97 Å². The van der Waals surface area contributed by atoms with Gasteiger partial charge in [-0.1, -0.05) is 24.3 Å². The zero-order valence-corrected chi connectivity index (χ0v) is 10.3. The number of anilines is 1. The fraction of sp³-hybridized carbons (Fsp3) is 0.214. The molecule has 5 heteroatoms. The van der Waals surface area contributed by atoms with E-state index in [-0.39, 0.29) is 0 Å². The van der Waals surface area contributed by atoms with Crippen molar-refractivity contribution in [2.75, 3.05) is 18.0 Å². The molecule has 0 amide bonds. The van der Waals surface area contributed by atoms with Crippen LogP contribution >= 0.6 is 0 Å². The number of hydrogen-bond acceptors (Lipinski definition) is 4. The second-order valence-electron chi connectivity index (χ2n) is 4.46. The molecule has 2 heterocycles. The van der Waals surface area contributed by atoms with Crippen LogP contribution in [0.4, 0.5) is 5.95 Å². The van der Waals surface area contributed by atoms with E-state index in [1.54, 1.807) is 12.3 Å². The third-order valence-electron chi connectivity index (χ3n) is 3.24. The zero-order chi connectivity index (χ0) is 13.2. The lowest BCUT2D eigenvalue weighted by Crippen LogP contribution is -2.31. The Hall–Kier alpha value is -2.43. The molecule has 1 N–H and O–H groups in total. The van der Waals surface area contributed by atoms with E-state index in [2.05, 4.69) is 9.97 Å². The Morgan fingerprint density at radius 3 is 2.89 bits per heavy atom. The zero-order valence-electron chi connectivity index (χ0n) is 10.3. The van der Waals surface area contributed by atoms with E-state index >= 15 is 0 Å². The molecule has 19 heavy (non-hydrogen) atoms. The third-order valence-corrected chi connectivity index (χ3v) is 3.24. The molecular formula is C14H13N3O2. The van der Waals surface area contributed by atoms with Crippen molar-refractivity contribution >= 4 is 22.8 Å². The maximum absolute atomic E-state index is 10.9. The maximum atomic E-state index is 10.9. The Balaban J connectivity index is 1.87. The van der Waals surface area contributed by atoms with Gasteiger partial charge in [0.25, 0.3) is 0 Å². The number of carboxylic acid groups (broad SMARTS) is 1. The quantitative estimate of drug-likeness (QED) is 0.887. The van der Waals surface area contributed by atoms with Gasteiger partial charge in [0.05, 0.1) is 5.52 Å². The minimum absolute atomic E-state index is 0.469. The number of para-hydroxylation sites is 1. The van der Waals surface area contributed by atoms with E-state index in [9.17, 15) is 4.79 Å². The summed E-state index contributed by atoms with van der Waals surface area (Å²) in [6.45, 7) is 1.18. The number of rotatable bonds is 2. The molecule has 0 atom stereocenters. The van der Waals surface area contributed by atoms with Gasteiger partial charge in [0.1, 0.15) is 0 Å². The Kier molecular flexibility index (Phi) is 2.87. The number of carboxylic acids is 1. The van der Waals surface area contributed by atoms with Gasteiger partial charge >= 0.3 is 5.97 Å². The lowest BCUT2D eigenvalue weighted by atomic mass is 10.1. The van der Waals surface area contributed by atoms with Crippen molar-refractivity contribution in [2.45, 2.75) is 6.42 Å². The van der Waals surface area contributed by atoms with Gasteiger partial charge in [0.15, 0.2) is 0 Å². The molecule has 0 radical (unpaired) electrons. The fourth-order valence-electron chi connectivity index (χ4n) is 2.16. The van der Waals surface area contributed by atoms with E-state index in [0.29, 0.717) is 31.0 Å². The highest BCUT2D eigenvalue weighted by Crippen LogP contribution is 2.18. The van der Waals surface area contributed by atoms with Crippen molar-refractivity contribution in [2.24, 2.45) is 0 Å². The molecule has 2 aromatic rings. The number of hydrogen-bond donors (Lipinski definition) is 1. The Morgan fingerprint density at radius 1 is 1.32 bits per heavy atom. The standard InChI is InChI=1S/C14H13N3O2/c18-13(19)10-5-7-17(8-6-10)14-15-9-11-3-1-2-4-12(11)16-14/h1-5,9H,6-8H2,(H,18,19). The summed E-state index contributed by atoms with van der Waals surface area (Å²) in [6.07, 6.45) is 4.05. The van der Waals surface area contributed by atoms with Gasteiger partial charge in [-0.05, 0) is 12.5 Å². The summed E-state index contributed by atoms with van der Waals surface area (Å²) in [5.41, 5.74) is 1.37. The smallest absolute Gasteiger partial charge is 0.331 e. The van der Waals surface area contributed by atoms with Gasteiger partial charge in [-0.3, -0.25) is 0 Å². The Morgan fingerprint density at radius 2 is 2.16 bits per heavy atom. The molecule has 0 fully saturated rings. The highest BCUT2D eigenvalue weighted by atomic mass is 16.4. The lowest BCUT2D eigenvalue weighted by molar-refractivity contribution is -0.132. The average Bonchev–Trinajstić information content (AvgIpc) is 2.47. The van der Waals surface area contributed by atoms with Crippen molar-refractivity contribution in [1.29, 1.82) is 0 Å². The summed E-state index contributed by atoms with van der Waals surface area (Å²) >= 11 is 0. The molecule has 0 saturated heterocycles. The fourth-order valence-corrected chi connectivity index (χ4v) is 2.16. The number of carbonyl (C=O) groups is 1. The highest BCUT2D eigenvalue weighted by Gasteiger charge is 2.18. The van der Waals surface area contributed by atoms with Gasteiger partial charge in [-0.2, -0.15) is 0 Å². The molecule has 0 saturated carbocycles. The highest BCUT2D eigenvalue weighted by molar-refractivity contribution is 5.87. The number of aliphatic carboxylic acids is 1. The van der Waals surface area contributed by atoms with Gasteiger partial charge in [-0.15, -0.1) is 0 Å². The normalized spacial score (nSPS) is 15.4. The maximum Gasteiger partial charge on any atom is 0.331 e. The van der Waals surface area contributed by atoms with Gasteiger partial charge in [0.2, 0.25) is 5.95 Å². The van der Waals surface area contributed by atoms with Crippen LogP contribution in [-0.4, -0.2) is 34.1 Å². The second-order valence-corrected chi connectivity index (χ2v) is 4.46. The molecule has 1 aliphatic rings. The molecule has 0 spiro atoms. The van der Waals surface area contributed by atoms with Gasteiger partial charge < -0.3 is 10.0 Å². The monoisotopic (exact) mass is 255 g/mol. The minimum Gasteiger partial charge on any atom is -0.478 e. The second kappa shape index (κ2) is 4.68. The molecule has 1 aliphatic heterocycles. The summed E-state index contributed by atoms with van der Waals surface area (Å²) in [6, 6.07) is 7.81. The summed E-state index contributed by atoms with van der Waals surface area (Å²) in [7, 11) is 0. The first kappa shape index (κ1) is 11.6. The van der Waals surface area contributed by atoms with E-state index in [4.69, 9.17) is 5.11 Å². The van der Waals surface area contributed by atoms with Crippen LogP contribution in [0.15, 0.2) is 42.1 Å². The SMILES string of the molecule is O=C(O)C1=CCN(c2ncc3ccccc3n2)CC1. The van der Waals surface area contributed by atoms with Crippen LogP contribution in [0.2, 0.25) is 0 Å². The Labute approximate surface area is 110 Å². The molecule has 3 rings (SSSR count). The topological polar surface area (TPSA) is 66.3 Å². The van der Waals surface area contributed by atoms with Crippen LogP contribution in [0.5, 0.6) is 0 Å². The summed E-state index contributed by atoms with van der Waals surface area (Å²) in [4.78, 5) is 21.7. The largest absolute Gasteiger partial charge is 0.478 e. The van der Waals surface area contributed by atoms with E-state index < -0.39 is 5.97 Å². The Bertz CT molecular complexity index is 667. The molecule has 0 unspecified atom stereocenters. The predicted molar refractivity (Wildman–Crippen MR) is 72.1 cm³/mol. The first-order valence-electron chi connectivity index (χ1n) is 6.13. The predicted octanol–water partition coefficient (Wildman–Crippen LogP) is 1.85. The summed E-state index contributed by atoms with van der Waals surface area (Å²) in [5.74, 6) is -0.182. The van der Waals surface area contributed by atoms with Crippen molar-refractivity contribution < 1.29 is 9.90 Å². The van der Waals surface area contributed by atoms with Gasteiger partial charge in [0, 0.05) is 30.2 Å². The minimum atomic E-state index is -0.834. The average molecular weight is 255 g/mol. The van der Waals surface area contributed by atoms with E-state index in [1.807, 2.05) is 29.2 Å². The third kappa shape index (κ3) is 2.27. The molecule has 0 bridgehead atoms. The molecular weight excluding hydrogens is 242 g/mol. The number of benzene rings is 1. The van der Waals surface area contributed by atoms with Crippen LogP contribution in [0, 0.1) is 0 Å². The first-order valence-corrected chi connectivity index (χ1v) is 6.13. The molecule has 0 aliphatic carbocycles. The van der Waals surface area contributed by atoms with Crippen molar-refractivity contribution in [3.05, 3.63) is 42.1 Å². The van der Waals surface area contributed by atoms with Crippen LogP contribution in [-0.2, 0) is 4.79 Å². The molecule has 1 aromatic carbocycles. The van der Waals surface area contributed by atoms with Crippen molar-refractivity contribution in [3.63, 3.8) is 0 Å². The summed E-state index contributed by atoms with van der Waals surface area (Å²) in [5, 5.41) is 9.92. The first-order chi connectivity index (χ1) is 9.24. The van der Waals surface area contributed by atoms with Crippen LogP contribution < -0.4 is 4.90 Å². The van der Waals surface area contributed by atoms with E-state index in [0.717, 1.165) is 10.9 Å². The number of fused-ring (bicyclic) bond motifs is 1. The van der Waals surface area contributed by atoms with Gasteiger partial charge in [-0.25, -0.2) is 14.8 Å². The van der Waals surface area contributed by atoms with Crippen LogP contribution in [0.25, 0.3) is 10.9 Å². The van der Waals surface area contributed by atoms with E-state index in [1.165, 1.54) is 0 Å². The van der Waals surface area contributed by atoms with Crippen molar-refractivity contribution in [3.8, 4) is 0 Å².